The van der Waals surface area contributed by atoms with Crippen molar-refractivity contribution < 1.29 is 9.90 Å². The monoisotopic (exact) mass is 480 g/mol. The van der Waals surface area contributed by atoms with Crippen LogP contribution in [-0.4, -0.2) is 44.3 Å². The number of carbonyl (C=O) groups is 1. The second-order valence-corrected chi connectivity index (χ2v) is 9.72. The Balaban J connectivity index is 1.69. The molecule has 1 fully saturated rings. The van der Waals surface area contributed by atoms with E-state index >= 15 is 0 Å². The molecular weight excluding hydrogens is 448 g/mol. The Morgan fingerprint density at radius 2 is 1.91 bits per heavy atom. The summed E-state index contributed by atoms with van der Waals surface area (Å²) in [5.74, 6) is -0.825. The van der Waals surface area contributed by atoms with Crippen molar-refractivity contribution in [1.82, 2.24) is 19.7 Å². The minimum atomic E-state index is -0.685. The summed E-state index contributed by atoms with van der Waals surface area (Å²) < 4.78 is 1.75. The van der Waals surface area contributed by atoms with Crippen LogP contribution in [0, 0.1) is 12.3 Å². The van der Waals surface area contributed by atoms with Crippen molar-refractivity contribution in [2.24, 2.45) is 12.5 Å². The molecule has 0 aliphatic heterocycles. The molecule has 10 heteroatoms. The number of rotatable bonds is 8. The van der Waals surface area contributed by atoms with Crippen LogP contribution in [0.4, 0.5) is 17.1 Å². The van der Waals surface area contributed by atoms with Crippen LogP contribution in [0.1, 0.15) is 67.3 Å². The highest BCUT2D eigenvalue weighted by Gasteiger charge is 2.41. The van der Waals surface area contributed by atoms with Crippen LogP contribution in [0.5, 0.6) is 5.75 Å². The van der Waals surface area contributed by atoms with Crippen LogP contribution in [0.2, 0.25) is 0 Å². The minimum Gasteiger partial charge on any atom is -0.504 e. The maximum atomic E-state index is 12.7. The Bertz CT molecular complexity index is 1330. The van der Waals surface area contributed by atoms with Crippen LogP contribution >= 0.6 is 0 Å². The average molecular weight is 481 g/mol. The van der Waals surface area contributed by atoms with Gasteiger partial charge in [-0.2, -0.15) is 5.10 Å². The van der Waals surface area contributed by atoms with Gasteiger partial charge in [0.2, 0.25) is 0 Å². The molecule has 3 N–H and O–H groups in total. The van der Waals surface area contributed by atoms with Gasteiger partial charge in [0, 0.05) is 33.0 Å². The number of nitrogens with one attached hydrogen (secondary N) is 2. The van der Waals surface area contributed by atoms with Crippen LogP contribution in [0.3, 0.4) is 0 Å². The van der Waals surface area contributed by atoms with Gasteiger partial charge in [-0.15, -0.1) is 0 Å². The predicted molar refractivity (Wildman–Crippen MR) is 134 cm³/mol. The van der Waals surface area contributed by atoms with E-state index in [0.717, 1.165) is 36.9 Å². The number of hydrogen-bond donors (Lipinski definition) is 3. The van der Waals surface area contributed by atoms with Gasteiger partial charge in [0.15, 0.2) is 11.4 Å². The third kappa shape index (κ3) is 4.28. The highest BCUT2D eigenvalue weighted by molar-refractivity contribution is 5.97. The zero-order valence-corrected chi connectivity index (χ0v) is 20.8. The van der Waals surface area contributed by atoms with E-state index in [4.69, 9.17) is 0 Å². The standard InChI is InChI=1S/C25H32N6O4/c1-6-30(4)24(35)19-20(32)15(9-12-26-19)27-17-18(22(34)21(17)33)28-23(25(3)10-7-8-11-25)16-14(2)13-31(5)29-16/h9,12-13,23,28,32H,6-8,10-11H2,1-5H3,(H,26,27). The first kappa shape index (κ1) is 24.4. The third-order valence-corrected chi connectivity index (χ3v) is 7.17. The van der Waals surface area contributed by atoms with Crippen molar-refractivity contribution >= 4 is 23.0 Å². The van der Waals surface area contributed by atoms with Gasteiger partial charge in [0.05, 0.1) is 17.4 Å². The summed E-state index contributed by atoms with van der Waals surface area (Å²) in [7, 11) is 3.46. The maximum absolute atomic E-state index is 12.7. The fraction of sp³-hybridized carbons (Fsp3) is 0.480. The highest BCUT2D eigenvalue weighted by atomic mass is 16.3. The normalized spacial score (nSPS) is 15.8. The van der Waals surface area contributed by atoms with E-state index in [-0.39, 0.29) is 40.0 Å². The molecule has 3 aromatic rings. The summed E-state index contributed by atoms with van der Waals surface area (Å²) in [5.41, 5.74) is 0.609. The lowest BCUT2D eigenvalue weighted by Crippen LogP contribution is -2.40. The van der Waals surface area contributed by atoms with Crippen molar-refractivity contribution in [2.75, 3.05) is 24.2 Å². The fourth-order valence-corrected chi connectivity index (χ4v) is 4.92. The summed E-state index contributed by atoms with van der Waals surface area (Å²) in [5, 5.41) is 21.6. The number of amides is 1. The highest BCUT2D eigenvalue weighted by Crippen LogP contribution is 2.49. The molecular formula is C25H32N6O4. The molecule has 1 saturated carbocycles. The lowest BCUT2D eigenvalue weighted by atomic mass is 9.78. The number of aromatic hydroxyl groups is 1. The number of anilines is 3. The third-order valence-electron chi connectivity index (χ3n) is 7.17. The van der Waals surface area contributed by atoms with Gasteiger partial charge in [-0.1, -0.05) is 19.8 Å². The van der Waals surface area contributed by atoms with Gasteiger partial charge in [-0.05, 0) is 43.7 Å². The van der Waals surface area contributed by atoms with Gasteiger partial charge in [-0.25, -0.2) is 4.98 Å². The summed E-state index contributed by atoms with van der Waals surface area (Å²) in [6.07, 6.45) is 7.43. The topological polar surface area (TPSA) is 129 Å². The van der Waals surface area contributed by atoms with E-state index in [1.807, 2.05) is 27.1 Å². The smallest absolute Gasteiger partial charge is 0.276 e. The zero-order chi connectivity index (χ0) is 25.5. The second-order valence-electron chi connectivity index (χ2n) is 9.72. The minimum absolute atomic E-state index is 0.0546. The number of nitrogens with zero attached hydrogens (tertiary/aromatic N) is 4. The molecule has 10 nitrogen and oxygen atoms in total. The first-order chi connectivity index (χ1) is 16.6. The second kappa shape index (κ2) is 9.16. The Morgan fingerprint density at radius 3 is 2.51 bits per heavy atom. The van der Waals surface area contributed by atoms with Gasteiger partial charge in [0.25, 0.3) is 16.8 Å². The van der Waals surface area contributed by atoms with Crippen LogP contribution in [0.25, 0.3) is 0 Å². The van der Waals surface area contributed by atoms with Crippen molar-refractivity contribution in [2.45, 2.75) is 52.5 Å². The van der Waals surface area contributed by atoms with Crippen LogP contribution in [-0.2, 0) is 7.05 Å². The summed E-state index contributed by atoms with van der Waals surface area (Å²) in [4.78, 5) is 43.2. The fourth-order valence-electron chi connectivity index (χ4n) is 4.92. The van der Waals surface area contributed by atoms with Crippen LogP contribution in [0.15, 0.2) is 28.0 Å². The van der Waals surface area contributed by atoms with Crippen molar-refractivity contribution in [1.29, 1.82) is 0 Å². The number of hydrogen-bond acceptors (Lipinski definition) is 8. The van der Waals surface area contributed by atoms with E-state index in [1.165, 1.54) is 17.2 Å². The molecule has 0 spiro atoms. The summed E-state index contributed by atoms with van der Waals surface area (Å²) in [6.45, 7) is 6.42. The Morgan fingerprint density at radius 1 is 1.26 bits per heavy atom. The Hall–Kier alpha value is -3.69. The number of aryl methyl sites for hydroxylation is 2. The summed E-state index contributed by atoms with van der Waals surface area (Å²) in [6, 6.07) is 1.19. The molecule has 1 amide bonds. The van der Waals surface area contributed by atoms with Gasteiger partial charge in [-0.3, -0.25) is 19.1 Å². The Labute approximate surface area is 203 Å². The quantitative estimate of drug-likeness (QED) is 0.420. The number of carbonyl (C=O) groups excluding carboxylic acids is 1. The van der Waals surface area contributed by atoms with E-state index in [9.17, 15) is 19.5 Å². The maximum Gasteiger partial charge on any atom is 0.276 e. The molecule has 1 aliphatic carbocycles. The molecule has 0 bridgehead atoms. The molecule has 1 aliphatic rings. The Kier molecular flexibility index (Phi) is 6.40. The van der Waals surface area contributed by atoms with E-state index in [2.05, 4.69) is 27.6 Å². The molecule has 0 saturated heterocycles. The van der Waals surface area contributed by atoms with Crippen molar-refractivity contribution in [3.05, 3.63) is 55.9 Å². The number of pyridine rings is 1. The molecule has 0 radical (unpaired) electrons. The molecule has 4 rings (SSSR count). The molecule has 2 aromatic heterocycles. The van der Waals surface area contributed by atoms with Gasteiger partial charge < -0.3 is 20.6 Å². The van der Waals surface area contributed by atoms with E-state index < -0.39 is 16.8 Å². The predicted octanol–water partition coefficient (Wildman–Crippen LogP) is 2.99. The van der Waals surface area contributed by atoms with Crippen molar-refractivity contribution in [3.8, 4) is 5.75 Å². The first-order valence-corrected chi connectivity index (χ1v) is 11.9. The molecule has 1 unspecified atom stereocenters. The lowest BCUT2D eigenvalue weighted by Gasteiger charge is -2.35. The molecule has 35 heavy (non-hydrogen) atoms. The molecule has 186 valence electrons. The summed E-state index contributed by atoms with van der Waals surface area (Å²) >= 11 is 0. The number of aromatic nitrogens is 3. The molecule has 1 aromatic carbocycles. The lowest BCUT2D eigenvalue weighted by molar-refractivity contribution is 0.0793. The van der Waals surface area contributed by atoms with Gasteiger partial charge in [0.1, 0.15) is 11.4 Å². The SMILES string of the molecule is CCN(C)C(=O)c1nccc(Nc2c(NC(c3nn(C)cc3C)C3(C)CCCC3)c(=O)c2=O)c1O. The largest absolute Gasteiger partial charge is 0.504 e. The van der Waals surface area contributed by atoms with E-state index in [0.29, 0.717) is 6.54 Å². The molecule has 2 heterocycles. The van der Waals surface area contributed by atoms with E-state index in [1.54, 1.807) is 11.7 Å². The average Bonchev–Trinajstić information content (AvgIpc) is 3.43. The zero-order valence-electron chi connectivity index (χ0n) is 20.8. The van der Waals surface area contributed by atoms with Crippen molar-refractivity contribution in [3.63, 3.8) is 0 Å². The van der Waals surface area contributed by atoms with Gasteiger partial charge >= 0.3 is 0 Å². The van der Waals surface area contributed by atoms with Crippen LogP contribution < -0.4 is 21.5 Å². The first-order valence-electron chi connectivity index (χ1n) is 11.9. The molecule has 1 atom stereocenters.